The van der Waals surface area contributed by atoms with Crippen LogP contribution in [0, 0.1) is 5.82 Å². The van der Waals surface area contributed by atoms with Crippen LogP contribution < -0.4 is 4.52 Å². The molecule has 3 nitrogen and oxygen atoms in total. The van der Waals surface area contributed by atoms with E-state index in [-0.39, 0.29) is 11.9 Å². The highest BCUT2D eigenvalue weighted by molar-refractivity contribution is 7.53. The molecule has 0 aliphatic carbocycles. The maximum absolute atomic E-state index is 14.5. The van der Waals surface area contributed by atoms with Gasteiger partial charge in [-0.1, -0.05) is 55.8 Å². The van der Waals surface area contributed by atoms with E-state index in [1.165, 1.54) is 6.07 Å². The van der Waals surface area contributed by atoms with E-state index in [0.717, 1.165) is 6.42 Å². The van der Waals surface area contributed by atoms with Crippen LogP contribution in [0.25, 0.3) is 11.1 Å². The molecule has 112 valence electrons. The van der Waals surface area contributed by atoms with Gasteiger partial charge in [-0.25, -0.2) is 8.96 Å². The first kappa shape index (κ1) is 15.7. The molecule has 1 N–H and O–H groups in total. The largest absolute Gasteiger partial charge is 0.421 e. The number of halogens is 1. The van der Waals surface area contributed by atoms with Crippen LogP contribution in [0.2, 0.25) is 0 Å². The molecule has 0 amide bonds. The lowest BCUT2D eigenvalue weighted by Crippen LogP contribution is -1.99. The summed E-state index contributed by atoms with van der Waals surface area (Å²) in [6, 6.07) is 13.6. The summed E-state index contributed by atoms with van der Waals surface area (Å²) in [7, 11) is -3.81. The van der Waals surface area contributed by atoms with Gasteiger partial charge in [-0.15, -0.1) is 0 Å². The predicted molar refractivity (Wildman–Crippen MR) is 82.1 cm³/mol. The van der Waals surface area contributed by atoms with E-state index in [4.69, 9.17) is 4.52 Å². The third-order valence-corrected chi connectivity index (χ3v) is 4.45. The summed E-state index contributed by atoms with van der Waals surface area (Å²) < 4.78 is 31.4. The van der Waals surface area contributed by atoms with Crippen molar-refractivity contribution in [2.75, 3.05) is 6.16 Å². The number of hydrogen-bond acceptors (Lipinski definition) is 2. The summed E-state index contributed by atoms with van der Waals surface area (Å²) in [5.74, 6) is -0.798. The van der Waals surface area contributed by atoms with Gasteiger partial charge in [0.1, 0.15) is 0 Å². The second-order valence-electron chi connectivity index (χ2n) is 4.79. The molecule has 2 aromatic carbocycles. The lowest BCUT2D eigenvalue weighted by Gasteiger charge is -2.15. The Balaban J connectivity index is 2.29. The fraction of sp³-hybridized carbons (Fsp3) is 0.250. The minimum Gasteiger partial charge on any atom is -0.421 e. The molecular formula is C16H18FO3P. The van der Waals surface area contributed by atoms with Gasteiger partial charge in [0.2, 0.25) is 0 Å². The minimum atomic E-state index is -3.81. The fourth-order valence-electron chi connectivity index (χ4n) is 1.98. The molecule has 1 atom stereocenters. The van der Waals surface area contributed by atoms with Gasteiger partial charge in [-0.2, -0.15) is 0 Å². The molecule has 1 unspecified atom stereocenters. The third kappa shape index (κ3) is 4.16. The third-order valence-electron chi connectivity index (χ3n) is 3.08. The molecule has 21 heavy (non-hydrogen) atoms. The molecule has 0 aliphatic rings. The molecule has 0 saturated carbocycles. The normalized spacial score (nSPS) is 13.7. The topological polar surface area (TPSA) is 46.5 Å². The summed E-state index contributed by atoms with van der Waals surface area (Å²) in [5, 5.41) is 0. The van der Waals surface area contributed by atoms with Crippen molar-refractivity contribution in [1.29, 1.82) is 0 Å². The molecule has 0 fully saturated rings. The quantitative estimate of drug-likeness (QED) is 0.775. The van der Waals surface area contributed by atoms with Crippen LogP contribution in [-0.4, -0.2) is 11.1 Å². The van der Waals surface area contributed by atoms with E-state index in [2.05, 4.69) is 0 Å². The Morgan fingerprint density at radius 2 is 1.86 bits per heavy atom. The summed E-state index contributed by atoms with van der Waals surface area (Å²) in [4.78, 5) is 9.75. The fourth-order valence-corrected chi connectivity index (χ4v) is 3.23. The molecule has 0 heterocycles. The first-order valence-electron chi connectivity index (χ1n) is 6.89. The molecule has 5 heteroatoms. The first-order chi connectivity index (χ1) is 10.0. The summed E-state index contributed by atoms with van der Waals surface area (Å²) in [6.07, 6.45) is 1.37. The lowest BCUT2D eigenvalue weighted by molar-refractivity contribution is 0.368. The van der Waals surface area contributed by atoms with Crippen LogP contribution in [0.1, 0.15) is 19.8 Å². The Labute approximate surface area is 123 Å². The van der Waals surface area contributed by atoms with Crippen molar-refractivity contribution in [1.82, 2.24) is 0 Å². The monoisotopic (exact) mass is 308 g/mol. The van der Waals surface area contributed by atoms with Crippen LogP contribution in [-0.2, 0) is 4.57 Å². The second kappa shape index (κ2) is 6.88. The van der Waals surface area contributed by atoms with Crippen molar-refractivity contribution >= 4 is 7.60 Å². The summed E-state index contributed by atoms with van der Waals surface area (Å²) >= 11 is 0. The van der Waals surface area contributed by atoms with Gasteiger partial charge >= 0.3 is 7.60 Å². The molecule has 0 aromatic heterocycles. The molecule has 0 aliphatic heterocycles. The average molecular weight is 308 g/mol. The van der Waals surface area contributed by atoms with Gasteiger partial charge in [0.05, 0.1) is 6.16 Å². The van der Waals surface area contributed by atoms with Crippen molar-refractivity contribution in [2.45, 2.75) is 19.8 Å². The smallest absolute Gasteiger partial charge is 0.376 e. The molecular weight excluding hydrogens is 290 g/mol. The van der Waals surface area contributed by atoms with Crippen molar-refractivity contribution < 1.29 is 18.4 Å². The SMILES string of the molecule is CCCCP(=O)(O)Oc1cccc(-c2ccccc2)c1F. The Bertz CT molecular complexity index is 643. The number of benzene rings is 2. The number of hydrogen-bond donors (Lipinski definition) is 1. The van der Waals surface area contributed by atoms with Crippen molar-refractivity contribution in [3.63, 3.8) is 0 Å². The lowest BCUT2D eigenvalue weighted by atomic mass is 10.1. The average Bonchev–Trinajstić information content (AvgIpc) is 2.48. The van der Waals surface area contributed by atoms with Gasteiger partial charge < -0.3 is 9.42 Å². The highest BCUT2D eigenvalue weighted by Crippen LogP contribution is 2.45. The van der Waals surface area contributed by atoms with E-state index in [1.54, 1.807) is 36.4 Å². The van der Waals surface area contributed by atoms with Crippen molar-refractivity contribution in [3.8, 4) is 16.9 Å². The van der Waals surface area contributed by atoms with Crippen molar-refractivity contribution in [3.05, 3.63) is 54.3 Å². The Morgan fingerprint density at radius 3 is 2.52 bits per heavy atom. The highest BCUT2D eigenvalue weighted by Gasteiger charge is 2.23. The van der Waals surface area contributed by atoms with Crippen LogP contribution in [0.4, 0.5) is 4.39 Å². The maximum atomic E-state index is 14.5. The van der Waals surface area contributed by atoms with Crippen molar-refractivity contribution in [2.24, 2.45) is 0 Å². The predicted octanol–water partition coefficient (Wildman–Crippen LogP) is 4.86. The van der Waals surface area contributed by atoms with Gasteiger partial charge in [0, 0.05) is 5.56 Å². The van der Waals surface area contributed by atoms with Crippen LogP contribution in [0.5, 0.6) is 5.75 Å². The highest BCUT2D eigenvalue weighted by atomic mass is 31.2. The molecule has 0 saturated heterocycles. The van der Waals surface area contributed by atoms with Crippen LogP contribution in [0.15, 0.2) is 48.5 Å². The Morgan fingerprint density at radius 1 is 1.14 bits per heavy atom. The standard InChI is InChI=1S/C16H18FO3P/c1-2-3-12-21(18,19)20-15-11-7-10-14(16(15)17)13-8-5-4-6-9-13/h4-11H,2-3,12H2,1H3,(H,18,19). The van der Waals surface area contributed by atoms with Gasteiger partial charge in [-0.3, -0.25) is 0 Å². The number of unbranched alkanes of at least 4 members (excludes halogenated alkanes) is 1. The zero-order chi connectivity index (χ0) is 15.3. The summed E-state index contributed by atoms with van der Waals surface area (Å²) in [5.41, 5.74) is 1.05. The molecule has 0 bridgehead atoms. The van der Waals surface area contributed by atoms with Gasteiger partial charge in [0.25, 0.3) is 0 Å². The van der Waals surface area contributed by atoms with Crippen LogP contribution in [0.3, 0.4) is 0 Å². The first-order valence-corrected chi connectivity index (χ1v) is 8.65. The Hall–Kier alpha value is -1.64. The minimum absolute atomic E-state index is 0.0263. The molecule has 0 spiro atoms. The zero-order valence-electron chi connectivity index (χ0n) is 11.8. The zero-order valence-corrected chi connectivity index (χ0v) is 12.7. The Kier molecular flexibility index (Phi) is 5.16. The number of rotatable bonds is 6. The maximum Gasteiger partial charge on any atom is 0.376 e. The van der Waals surface area contributed by atoms with E-state index in [0.29, 0.717) is 17.5 Å². The van der Waals surface area contributed by atoms with E-state index < -0.39 is 13.4 Å². The molecule has 2 aromatic rings. The van der Waals surface area contributed by atoms with E-state index in [9.17, 15) is 13.8 Å². The van der Waals surface area contributed by atoms with E-state index in [1.807, 2.05) is 13.0 Å². The molecule has 2 rings (SSSR count). The molecule has 0 radical (unpaired) electrons. The van der Waals surface area contributed by atoms with E-state index >= 15 is 0 Å². The van der Waals surface area contributed by atoms with Gasteiger partial charge in [0.15, 0.2) is 11.6 Å². The van der Waals surface area contributed by atoms with Gasteiger partial charge in [-0.05, 0) is 18.1 Å². The summed E-state index contributed by atoms with van der Waals surface area (Å²) in [6.45, 7) is 1.91. The second-order valence-corrected chi connectivity index (χ2v) is 6.69. The van der Waals surface area contributed by atoms with Crippen LogP contribution >= 0.6 is 7.60 Å².